The molecule has 4 rings (SSSR count). The Labute approximate surface area is 146 Å². The maximum atomic E-state index is 13.1. The Morgan fingerprint density at radius 3 is 2.81 bits per heavy atom. The molecule has 0 saturated heterocycles. The van der Waals surface area contributed by atoms with Gasteiger partial charge in [0.25, 0.3) is 5.69 Å². The minimum absolute atomic E-state index is 0.419. The van der Waals surface area contributed by atoms with Crippen LogP contribution in [0.25, 0.3) is 0 Å². The van der Waals surface area contributed by atoms with Gasteiger partial charge < -0.3 is 4.42 Å². The lowest BCUT2D eigenvalue weighted by Gasteiger charge is -2.28. The fourth-order valence-corrected chi connectivity index (χ4v) is 3.59. The van der Waals surface area contributed by atoms with E-state index >= 15 is 0 Å². The predicted molar refractivity (Wildman–Crippen MR) is 87.7 cm³/mol. The molecule has 26 heavy (non-hydrogen) atoms. The van der Waals surface area contributed by atoms with Crippen molar-refractivity contribution in [1.82, 2.24) is 0 Å². The second-order valence-electron chi connectivity index (χ2n) is 6.29. The highest BCUT2D eigenvalue weighted by molar-refractivity contribution is 6.06. The van der Waals surface area contributed by atoms with E-state index in [4.69, 9.17) is 4.42 Å². The van der Waals surface area contributed by atoms with Crippen molar-refractivity contribution in [1.29, 1.82) is 0 Å². The molecule has 0 amide bonds. The van der Waals surface area contributed by atoms with Gasteiger partial charge in [-0.2, -0.15) is 13.2 Å². The number of hydrogen-bond donors (Lipinski definition) is 0. The monoisotopic (exact) mass is 362 g/mol. The number of hydrogen-bond acceptors (Lipinski definition) is 4. The van der Waals surface area contributed by atoms with E-state index in [1.807, 2.05) is 6.08 Å². The topological polar surface area (TPSA) is 68.6 Å². The summed E-state index contributed by atoms with van der Waals surface area (Å²) in [6.45, 7) is 0. The molecule has 2 aliphatic rings. The van der Waals surface area contributed by atoms with Crippen LogP contribution in [0, 0.1) is 10.1 Å². The summed E-state index contributed by atoms with van der Waals surface area (Å²) in [4.78, 5) is 14.8. The van der Waals surface area contributed by atoms with E-state index in [0.717, 1.165) is 42.7 Å². The van der Waals surface area contributed by atoms with Crippen molar-refractivity contribution in [2.24, 2.45) is 4.99 Å². The van der Waals surface area contributed by atoms with E-state index in [1.165, 1.54) is 18.6 Å². The van der Waals surface area contributed by atoms with Crippen LogP contribution in [0.4, 0.5) is 24.5 Å². The number of furan rings is 1. The van der Waals surface area contributed by atoms with E-state index in [0.29, 0.717) is 16.8 Å². The lowest BCUT2D eigenvalue weighted by molar-refractivity contribution is -0.388. The van der Waals surface area contributed by atoms with Crippen molar-refractivity contribution < 1.29 is 22.5 Å². The Bertz CT molecular complexity index is 957. The molecule has 2 aromatic rings. The van der Waals surface area contributed by atoms with Crippen LogP contribution in [-0.4, -0.2) is 10.6 Å². The van der Waals surface area contributed by atoms with Crippen molar-refractivity contribution in [2.45, 2.75) is 31.4 Å². The number of allylic oxidation sites excluding steroid dienone is 2. The largest absolute Gasteiger partial charge is 0.470 e. The lowest BCUT2D eigenvalue weighted by Crippen LogP contribution is -2.19. The molecular weight excluding hydrogens is 349 g/mol. The van der Waals surface area contributed by atoms with Crippen LogP contribution in [0.2, 0.25) is 0 Å². The average Bonchev–Trinajstić information content (AvgIpc) is 3.06. The van der Waals surface area contributed by atoms with Gasteiger partial charge in [0.05, 0.1) is 11.2 Å². The summed E-state index contributed by atoms with van der Waals surface area (Å²) in [6.07, 6.45) is 2.74. The van der Waals surface area contributed by atoms with Crippen LogP contribution in [0.15, 0.2) is 51.8 Å². The molecule has 2 heterocycles. The first kappa shape index (κ1) is 16.6. The number of fused-ring (bicyclic) bond motifs is 2. The summed E-state index contributed by atoms with van der Waals surface area (Å²) in [5.41, 5.74) is 1.30. The molecule has 5 nitrogen and oxygen atoms in total. The summed E-state index contributed by atoms with van der Waals surface area (Å²) >= 11 is 0. The number of nitro benzene ring substituents is 1. The van der Waals surface area contributed by atoms with Crippen LogP contribution in [0.1, 0.15) is 41.9 Å². The van der Waals surface area contributed by atoms with E-state index in [9.17, 15) is 23.3 Å². The molecule has 1 aliphatic heterocycles. The van der Waals surface area contributed by atoms with E-state index in [1.54, 1.807) is 0 Å². The van der Waals surface area contributed by atoms with Crippen molar-refractivity contribution in [3.63, 3.8) is 0 Å². The van der Waals surface area contributed by atoms with Gasteiger partial charge in [-0.05, 0) is 36.5 Å². The normalized spacial score (nSPS) is 19.3. The quantitative estimate of drug-likeness (QED) is 0.521. The smallest absolute Gasteiger partial charge is 0.422 e. The summed E-state index contributed by atoms with van der Waals surface area (Å²) in [6, 6.07) is 3.10. The fraction of sp³-hybridized carbons (Fsp3) is 0.278. The Balaban J connectivity index is 1.89. The van der Waals surface area contributed by atoms with Gasteiger partial charge in [0.15, 0.2) is 0 Å². The van der Waals surface area contributed by atoms with Crippen LogP contribution in [-0.2, 0) is 6.18 Å². The SMILES string of the molecule is O=[N+]([O-])c1cc(C2C3=CCCCC3=Nc3cocc32)ccc1C(F)(F)F. The standard InChI is InChI=1S/C18H13F3N2O3/c19-18(20,21)13-6-5-10(7-16(13)23(24)25)17-11-3-1-2-4-14(11)22-15-9-26-8-12(15)17/h3,5-9,17H,1-2,4H2. The van der Waals surface area contributed by atoms with Gasteiger partial charge in [-0.3, -0.25) is 10.1 Å². The fourth-order valence-electron chi connectivity index (χ4n) is 3.59. The molecule has 134 valence electrons. The van der Waals surface area contributed by atoms with Crippen molar-refractivity contribution >= 4 is 17.1 Å². The van der Waals surface area contributed by atoms with E-state index in [2.05, 4.69) is 4.99 Å². The van der Waals surface area contributed by atoms with Crippen molar-refractivity contribution in [2.75, 3.05) is 0 Å². The van der Waals surface area contributed by atoms with Crippen molar-refractivity contribution in [3.05, 3.63) is 69.2 Å². The molecular formula is C18H13F3N2O3. The minimum atomic E-state index is -4.79. The molecule has 0 radical (unpaired) electrons. The van der Waals surface area contributed by atoms with Crippen LogP contribution >= 0.6 is 0 Å². The molecule has 1 aromatic carbocycles. The number of rotatable bonds is 2. The zero-order chi connectivity index (χ0) is 18.5. The molecule has 8 heteroatoms. The van der Waals surface area contributed by atoms with Crippen LogP contribution in [0.3, 0.4) is 0 Å². The molecule has 1 aromatic heterocycles. The Kier molecular flexibility index (Phi) is 3.71. The van der Waals surface area contributed by atoms with Gasteiger partial charge in [0, 0.05) is 23.3 Å². The number of alkyl halides is 3. The molecule has 0 spiro atoms. The number of halogens is 3. The number of nitro groups is 1. The second kappa shape index (κ2) is 5.82. The highest BCUT2D eigenvalue weighted by atomic mass is 19.4. The third-order valence-electron chi connectivity index (χ3n) is 4.72. The zero-order valence-corrected chi connectivity index (χ0v) is 13.4. The molecule has 1 atom stereocenters. The predicted octanol–water partition coefficient (Wildman–Crippen LogP) is 5.53. The van der Waals surface area contributed by atoms with Gasteiger partial charge in [-0.15, -0.1) is 0 Å². The van der Waals surface area contributed by atoms with Gasteiger partial charge in [0.2, 0.25) is 0 Å². The third-order valence-corrected chi connectivity index (χ3v) is 4.72. The first-order valence-electron chi connectivity index (χ1n) is 8.06. The third kappa shape index (κ3) is 2.61. The Morgan fingerprint density at radius 2 is 2.08 bits per heavy atom. The van der Waals surface area contributed by atoms with Gasteiger partial charge in [0.1, 0.15) is 17.5 Å². The highest BCUT2D eigenvalue weighted by Crippen LogP contribution is 2.46. The van der Waals surface area contributed by atoms with Gasteiger partial charge in [-0.25, -0.2) is 4.99 Å². The summed E-state index contributed by atoms with van der Waals surface area (Å²) in [7, 11) is 0. The van der Waals surface area contributed by atoms with Gasteiger partial charge in [-0.1, -0.05) is 12.1 Å². The lowest BCUT2D eigenvalue weighted by atomic mass is 9.77. The molecule has 0 fully saturated rings. The van der Waals surface area contributed by atoms with Crippen LogP contribution in [0.5, 0.6) is 0 Å². The summed E-state index contributed by atoms with van der Waals surface area (Å²) in [5, 5.41) is 11.2. The number of aliphatic imine (C=N–C) groups is 1. The van der Waals surface area contributed by atoms with Gasteiger partial charge >= 0.3 is 6.18 Å². The van der Waals surface area contributed by atoms with Crippen LogP contribution < -0.4 is 0 Å². The Morgan fingerprint density at radius 1 is 1.27 bits per heavy atom. The zero-order valence-electron chi connectivity index (χ0n) is 13.4. The average molecular weight is 362 g/mol. The second-order valence-corrected chi connectivity index (χ2v) is 6.29. The highest BCUT2D eigenvalue weighted by Gasteiger charge is 2.40. The number of nitrogens with zero attached hydrogens (tertiary/aromatic N) is 2. The maximum Gasteiger partial charge on any atom is 0.422 e. The molecule has 0 saturated carbocycles. The Hall–Kier alpha value is -2.90. The van der Waals surface area contributed by atoms with E-state index < -0.39 is 28.3 Å². The minimum Gasteiger partial charge on any atom is -0.470 e. The molecule has 0 bridgehead atoms. The maximum absolute atomic E-state index is 13.1. The number of benzene rings is 1. The molecule has 1 unspecified atom stereocenters. The summed E-state index contributed by atoms with van der Waals surface area (Å²) < 4.78 is 44.5. The van der Waals surface area contributed by atoms with E-state index in [-0.39, 0.29) is 0 Å². The molecule has 0 N–H and O–H groups in total. The first-order chi connectivity index (χ1) is 12.4. The first-order valence-corrected chi connectivity index (χ1v) is 8.06. The molecule has 1 aliphatic carbocycles. The summed E-state index contributed by atoms with van der Waals surface area (Å²) in [5.74, 6) is -0.419. The van der Waals surface area contributed by atoms with Crippen molar-refractivity contribution in [3.8, 4) is 0 Å².